The zero-order valence-corrected chi connectivity index (χ0v) is 10.0. The van der Waals surface area contributed by atoms with Crippen molar-refractivity contribution < 1.29 is 4.74 Å². The monoisotopic (exact) mass is 233 g/mol. The van der Waals surface area contributed by atoms with E-state index < -0.39 is 0 Å². The maximum absolute atomic E-state index is 5.89. The molecule has 0 fully saturated rings. The molecule has 0 saturated carbocycles. The van der Waals surface area contributed by atoms with Crippen LogP contribution in [0.15, 0.2) is 41.8 Å². The third kappa shape index (κ3) is 2.62. The topological polar surface area (TPSA) is 35.2 Å². The van der Waals surface area contributed by atoms with Gasteiger partial charge in [-0.25, -0.2) is 0 Å². The maximum Gasteiger partial charge on any atom is 0.124 e. The van der Waals surface area contributed by atoms with Gasteiger partial charge in [0.05, 0.1) is 0 Å². The number of thiophene rings is 1. The number of rotatable bonds is 4. The Kier molecular flexibility index (Phi) is 3.59. The van der Waals surface area contributed by atoms with Crippen LogP contribution in [0.1, 0.15) is 23.4 Å². The van der Waals surface area contributed by atoms with Crippen LogP contribution in [0.2, 0.25) is 0 Å². The van der Waals surface area contributed by atoms with Gasteiger partial charge in [0.25, 0.3) is 0 Å². The molecule has 0 aliphatic rings. The van der Waals surface area contributed by atoms with E-state index in [2.05, 4.69) is 11.4 Å². The normalized spacial score (nSPS) is 12.4. The first-order valence-corrected chi connectivity index (χ1v) is 6.15. The molecular formula is C13H15NOS. The zero-order valence-electron chi connectivity index (χ0n) is 9.22. The van der Waals surface area contributed by atoms with Gasteiger partial charge < -0.3 is 10.5 Å². The first-order valence-electron chi connectivity index (χ1n) is 5.27. The highest BCUT2D eigenvalue weighted by Gasteiger charge is 2.07. The van der Waals surface area contributed by atoms with Crippen molar-refractivity contribution >= 4 is 11.3 Å². The summed E-state index contributed by atoms with van der Waals surface area (Å²) in [5.41, 5.74) is 6.94. The largest absolute Gasteiger partial charge is 0.488 e. The molecule has 0 radical (unpaired) electrons. The lowest BCUT2D eigenvalue weighted by Gasteiger charge is -2.13. The molecule has 2 nitrogen and oxygen atoms in total. The number of hydrogen-bond donors (Lipinski definition) is 1. The van der Waals surface area contributed by atoms with E-state index in [4.69, 9.17) is 10.5 Å². The zero-order chi connectivity index (χ0) is 11.4. The fourth-order valence-electron chi connectivity index (χ4n) is 1.53. The first kappa shape index (κ1) is 11.2. The van der Waals surface area contributed by atoms with Crippen molar-refractivity contribution in [3.8, 4) is 5.75 Å². The summed E-state index contributed by atoms with van der Waals surface area (Å²) in [5.74, 6) is 0.880. The SMILES string of the molecule is C[C@@H](N)c1ccccc1OCc1cccs1. The molecular weight excluding hydrogens is 218 g/mol. The molecule has 2 N–H and O–H groups in total. The van der Waals surface area contributed by atoms with Crippen molar-refractivity contribution in [2.75, 3.05) is 0 Å². The van der Waals surface area contributed by atoms with Gasteiger partial charge in [-0.15, -0.1) is 11.3 Å². The lowest BCUT2D eigenvalue weighted by molar-refractivity contribution is 0.305. The third-order valence-corrected chi connectivity index (χ3v) is 3.21. The number of hydrogen-bond acceptors (Lipinski definition) is 3. The summed E-state index contributed by atoms with van der Waals surface area (Å²) in [6.45, 7) is 2.58. The van der Waals surface area contributed by atoms with Crippen LogP contribution in [0.5, 0.6) is 5.75 Å². The summed E-state index contributed by atoms with van der Waals surface area (Å²) in [4.78, 5) is 1.22. The molecule has 0 spiro atoms. The molecule has 1 aromatic heterocycles. The standard InChI is InChI=1S/C13H15NOS/c1-10(14)12-6-2-3-7-13(12)15-9-11-5-4-8-16-11/h2-8,10H,9,14H2,1H3/t10-/m1/s1. The van der Waals surface area contributed by atoms with Gasteiger partial charge in [-0.2, -0.15) is 0 Å². The summed E-state index contributed by atoms with van der Waals surface area (Å²) >= 11 is 1.70. The van der Waals surface area contributed by atoms with Crippen molar-refractivity contribution in [3.05, 3.63) is 52.2 Å². The number of para-hydroxylation sites is 1. The molecule has 1 aromatic carbocycles. The molecule has 0 bridgehead atoms. The van der Waals surface area contributed by atoms with Crippen LogP contribution in [0.25, 0.3) is 0 Å². The second kappa shape index (κ2) is 5.14. The second-order valence-electron chi connectivity index (χ2n) is 3.69. The Balaban J connectivity index is 2.09. The predicted octanol–water partition coefficient (Wildman–Crippen LogP) is 3.35. The lowest BCUT2D eigenvalue weighted by Crippen LogP contribution is -2.07. The first-order chi connectivity index (χ1) is 7.77. The van der Waals surface area contributed by atoms with Crippen LogP contribution < -0.4 is 10.5 Å². The van der Waals surface area contributed by atoms with Gasteiger partial charge in [0, 0.05) is 16.5 Å². The van der Waals surface area contributed by atoms with Gasteiger partial charge in [0.15, 0.2) is 0 Å². The van der Waals surface area contributed by atoms with Crippen LogP contribution >= 0.6 is 11.3 Å². The predicted molar refractivity (Wildman–Crippen MR) is 67.7 cm³/mol. The molecule has 16 heavy (non-hydrogen) atoms. The highest BCUT2D eigenvalue weighted by molar-refractivity contribution is 7.09. The average Bonchev–Trinajstić information content (AvgIpc) is 2.79. The van der Waals surface area contributed by atoms with Gasteiger partial charge in [-0.1, -0.05) is 24.3 Å². The maximum atomic E-state index is 5.89. The number of nitrogens with two attached hydrogens (primary N) is 1. The highest BCUT2D eigenvalue weighted by atomic mass is 32.1. The van der Waals surface area contributed by atoms with Gasteiger partial charge in [-0.05, 0) is 24.4 Å². The van der Waals surface area contributed by atoms with E-state index in [1.54, 1.807) is 11.3 Å². The Morgan fingerprint density at radius 1 is 1.25 bits per heavy atom. The summed E-state index contributed by atoms with van der Waals surface area (Å²) in [5, 5.41) is 2.05. The third-order valence-electron chi connectivity index (χ3n) is 2.36. The quantitative estimate of drug-likeness (QED) is 0.879. The molecule has 0 saturated heterocycles. The van der Waals surface area contributed by atoms with E-state index >= 15 is 0 Å². The summed E-state index contributed by atoms with van der Waals surface area (Å²) in [6.07, 6.45) is 0. The molecule has 0 unspecified atom stereocenters. The van der Waals surface area contributed by atoms with Crippen LogP contribution in [0.3, 0.4) is 0 Å². The minimum atomic E-state index is -0.000430. The van der Waals surface area contributed by atoms with Gasteiger partial charge in [0.1, 0.15) is 12.4 Å². The van der Waals surface area contributed by atoms with E-state index in [-0.39, 0.29) is 6.04 Å². The molecule has 1 atom stereocenters. The van der Waals surface area contributed by atoms with Crippen molar-refractivity contribution in [1.82, 2.24) is 0 Å². The Morgan fingerprint density at radius 2 is 2.06 bits per heavy atom. The van der Waals surface area contributed by atoms with Crippen molar-refractivity contribution in [3.63, 3.8) is 0 Å². The lowest BCUT2D eigenvalue weighted by atomic mass is 10.1. The van der Waals surface area contributed by atoms with E-state index in [1.807, 2.05) is 37.3 Å². The van der Waals surface area contributed by atoms with Gasteiger partial charge >= 0.3 is 0 Å². The van der Waals surface area contributed by atoms with Crippen LogP contribution in [0, 0.1) is 0 Å². The van der Waals surface area contributed by atoms with Crippen LogP contribution in [-0.2, 0) is 6.61 Å². The molecule has 3 heteroatoms. The summed E-state index contributed by atoms with van der Waals surface area (Å²) < 4.78 is 5.77. The fraction of sp³-hybridized carbons (Fsp3) is 0.231. The van der Waals surface area contributed by atoms with Gasteiger partial charge in [-0.3, -0.25) is 0 Å². The van der Waals surface area contributed by atoms with E-state index in [9.17, 15) is 0 Å². The van der Waals surface area contributed by atoms with Crippen molar-refractivity contribution in [2.24, 2.45) is 5.73 Å². The second-order valence-corrected chi connectivity index (χ2v) is 4.73. The van der Waals surface area contributed by atoms with E-state index in [0.717, 1.165) is 11.3 Å². The molecule has 0 amide bonds. The number of benzene rings is 1. The molecule has 0 aliphatic carbocycles. The van der Waals surface area contributed by atoms with Crippen LogP contribution in [0.4, 0.5) is 0 Å². The van der Waals surface area contributed by atoms with Crippen molar-refractivity contribution in [1.29, 1.82) is 0 Å². The Hall–Kier alpha value is -1.32. The van der Waals surface area contributed by atoms with Crippen molar-refractivity contribution in [2.45, 2.75) is 19.6 Å². The molecule has 0 aliphatic heterocycles. The van der Waals surface area contributed by atoms with E-state index in [1.165, 1.54) is 4.88 Å². The highest BCUT2D eigenvalue weighted by Crippen LogP contribution is 2.24. The summed E-state index contributed by atoms with van der Waals surface area (Å²) in [6, 6.07) is 12.0. The van der Waals surface area contributed by atoms with E-state index in [0.29, 0.717) is 6.61 Å². The summed E-state index contributed by atoms with van der Waals surface area (Å²) in [7, 11) is 0. The Labute approximate surface area is 99.7 Å². The Morgan fingerprint density at radius 3 is 2.75 bits per heavy atom. The molecule has 2 aromatic rings. The minimum absolute atomic E-state index is 0.000430. The molecule has 84 valence electrons. The Bertz CT molecular complexity index is 437. The molecule has 2 rings (SSSR count). The smallest absolute Gasteiger partial charge is 0.124 e. The average molecular weight is 233 g/mol. The van der Waals surface area contributed by atoms with Crippen LogP contribution in [-0.4, -0.2) is 0 Å². The number of ether oxygens (including phenoxy) is 1. The molecule has 1 heterocycles. The van der Waals surface area contributed by atoms with Gasteiger partial charge in [0.2, 0.25) is 0 Å². The fourth-order valence-corrected chi connectivity index (χ4v) is 2.15. The minimum Gasteiger partial charge on any atom is -0.488 e.